The third kappa shape index (κ3) is 2.70. The zero-order chi connectivity index (χ0) is 16.4. The molecule has 2 N–H and O–H groups in total. The molecule has 0 bridgehead atoms. The summed E-state index contributed by atoms with van der Waals surface area (Å²) in [5.74, 6) is -0.882. The molecule has 0 atom stereocenters. The van der Waals surface area contributed by atoms with Gasteiger partial charge in [0.15, 0.2) is 0 Å². The first-order chi connectivity index (χ1) is 11.1. The number of benzene rings is 1. The molecule has 0 saturated heterocycles. The number of hydrogen-bond donors (Lipinski definition) is 2. The minimum Gasteiger partial charge on any atom is -0.291 e. The molecule has 3 amide bonds. The highest BCUT2D eigenvalue weighted by Gasteiger charge is 2.35. The van der Waals surface area contributed by atoms with E-state index in [0.717, 1.165) is 12.8 Å². The fraction of sp³-hybridized carbons (Fsp3) is 0.267. The van der Waals surface area contributed by atoms with Gasteiger partial charge in [-0.2, -0.15) is 10.1 Å². The predicted molar refractivity (Wildman–Crippen MR) is 81.1 cm³/mol. The minimum atomic E-state index is -0.434. The Bertz CT molecular complexity index is 769. The lowest BCUT2D eigenvalue weighted by molar-refractivity contribution is 0.0652. The number of aromatic amines is 1. The van der Waals surface area contributed by atoms with E-state index in [0.29, 0.717) is 12.1 Å². The monoisotopic (exact) mass is 313 g/mol. The summed E-state index contributed by atoms with van der Waals surface area (Å²) in [5, 5.41) is 8.67. The van der Waals surface area contributed by atoms with Gasteiger partial charge in [-0.3, -0.25) is 24.6 Å². The summed E-state index contributed by atoms with van der Waals surface area (Å²) in [6.07, 6.45) is 2.91. The second-order valence-corrected chi connectivity index (χ2v) is 5.16. The Kier molecular flexibility index (Phi) is 3.88. The fourth-order valence-electron chi connectivity index (χ4n) is 2.40. The first-order valence-corrected chi connectivity index (χ1v) is 7.28. The van der Waals surface area contributed by atoms with Crippen LogP contribution in [-0.2, 0) is 0 Å². The number of aromatic nitrogens is 3. The van der Waals surface area contributed by atoms with Crippen LogP contribution in [0.5, 0.6) is 0 Å². The normalized spacial score (nSPS) is 13.3. The van der Waals surface area contributed by atoms with Gasteiger partial charge in [0.1, 0.15) is 6.33 Å². The third-order valence-electron chi connectivity index (χ3n) is 3.62. The van der Waals surface area contributed by atoms with Gasteiger partial charge in [0.2, 0.25) is 5.95 Å². The second kappa shape index (κ2) is 5.99. The van der Waals surface area contributed by atoms with E-state index in [4.69, 9.17) is 0 Å². The molecule has 23 heavy (non-hydrogen) atoms. The maximum absolute atomic E-state index is 12.3. The van der Waals surface area contributed by atoms with Crippen LogP contribution in [-0.4, -0.2) is 44.3 Å². The van der Waals surface area contributed by atoms with Crippen molar-refractivity contribution in [3.05, 3.63) is 41.2 Å². The van der Waals surface area contributed by atoms with E-state index in [1.807, 2.05) is 6.92 Å². The van der Waals surface area contributed by atoms with Gasteiger partial charge in [0, 0.05) is 12.1 Å². The van der Waals surface area contributed by atoms with Crippen LogP contribution >= 0.6 is 0 Å². The number of carbonyl (C=O) groups is 3. The van der Waals surface area contributed by atoms with Crippen molar-refractivity contribution in [1.29, 1.82) is 0 Å². The molecule has 0 fully saturated rings. The van der Waals surface area contributed by atoms with Crippen molar-refractivity contribution in [1.82, 2.24) is 20.1 Å². The summed E-state index contributed by atoms with van der Waals surface area (Å²) in [5.41, 5.74) is 0.872. The molecule has 0 saturated carbocycles. The number of fused-ring (bicyclic) bond motifs is 1. The summed E-state index contributed by atoms with van der Waals surface area (Å²) < 4.78 is 0. The highest BCUT2D eigenvalue weighted by molar-refractivity contribution is 6.22. The van der Waals surface area contributed by atoms with E-state index in [1.54, 1.807) is 0 Å². The molecule has 2 heterocycles. The molecule has 0 unspecified atom stereocenters. The number of rotatable bonds is 5. The number of amides is 3. The van der Waals surface area contributed by atoms with Crippen molar-refractivity contribution in [3.8, 4) is 0 Å². The van der Waals surface area contributed by atoms with Crippen molar-refractivity contribution < 1.29 is 14.4 Å². The lowest BCUT2D eigenvalue weighted by Gasteiger charge is -2.12. The number of unbranched alkanes of at least 4 members (excludes halogenated alkanes) is 1. The van der Waals surface area contributed by atoms with E-state index < -0.39 is 5.91 Å². The largest absolute Gasteiger partial charge is 0.291 e. The molecule has 0 spiro atoms. The van der Waals surface area contributed by atoms with Crippen LogP contribution in [0.15, 0.2) is 24.5 Å². The van der Waals surface area contributed by atoms with Crippen LogP contribution in [0.2, 0.25) is 0 Å². The van der Waals surface area contributed by atoms with Crippen molar-refractivity contribution in [2.24, 2.45) is 0 Å². The molecule has 0 radical (unpaired) electrons. The minimum absolute atomic E-state index is 0.211. The van der Waals surface area contributed by atoms with Gasteiger partial charge < -0.3 is 0 Å². The number of imide groups is 1. The van der Waals surface area contributed by atoms with Crippen LogP contribution in [0.1, 0.15) is 50.8 Å². The summed E-state index contributed by atoms with van der Waals surface area (Å²) in [7, 11) is 0. The number of carbonyl (C=O) groups excluding carboxylic acids is 3. The standard InChI is InChI=1S/C15H15N5O3/c1-2-3-6-20-13(22)10-5-4-9(7-11(10)14(20)23)12(21)18-15-16-8-17-19-15/h4-5,7-8H,2-3,6H2,1H3,(H2,16,17,18,19,21). The maximum atomic E-state index is 12.3. The average molecular weight is 313 g/mol. The average Bonchev–Trinajstić information content (AvgIpc) is 3.14. The van der Waals surface area contributed by atoms with Crippen molar-refractivity contribution in [2.45, 2.75) is 19.8 Å². The number of nitrogens with one attached hydrogen (secondary N) is 2. The Morgan fingerprint density at radius 3 is 2.74 bits per heavy atom. The number of hydrogen-bond acceptors (Lipinski definition) is 5. The van der Waals surface area contributed by atoms with Crippen LogP contribution in [0, 0.1) is 0 Å². The van der Waals surface area contributed by atoms with Crippen LogP contribution < -0.4 is 5.32 Å². The maximum Gasteiger partial charge on any atom is 0.261 e. The Morgan fingerprint density at radius 2 is 2.04 bits per heavy atom. The Morgan fingerprint density at radius 1 is 1.26 bits per heavy atom. The highest BCUT2D eigenvalue weighted by Crippen LogP contribution is 2.24. The highest BCUT2D eigenvalue weighted by atomic mass is 16.2. The van der Waals surface area contributed by atoms with Gasteiger partial charge in [-0.15, -0.1) is 0 Å². The predicted octanol–water partition coefficient (Wildman–Crippen LogP) is 1.45. The van der Waals surface area contributed by atoms with Crippen LogP contribution in [0.4, 0.5) is 5.95 Å². The van der Waals surface area contributed by atoms with Crippen molar-refractivity contribution in [2.75, 3.05) is 11.9 Å². The smallest absolute Gasteiger partial charge is 0.261 e. The Hall–Kier alpha value is -3.03. The van der Waals surface area contributed by atoms with Gasteiger partial charge in [-0.05, 0) is 24.6 Å². The number of anilines is 1. The summed E-state index contributed by atoms with van der Waals surface area (Å²) in [6.45, 7) is 2.38. The summed E-state index contributed by atoms with van der Waals surface area (Å²) in [4.78, 5) is 41.8. The van der Waals surface area contributed by atoms with Gasteiger partial charge in [0.25, 0.3) is 17.7 Å². The topological polar surface area (TPSA) is 108 Å². The van der Waals surface area contributed by atoms with Gasteiger partial charge >= 0.3 is 0 Å². The fourth-order valence-corrected chi connectivity index (χ4v) is 2.40. The zero-order valence-corrected chi connectivity index (χ0v) is 12.5. The number of nitrogens with zero attached hydrogens (tertiary/aromatic N) is 3. The SMILES string of the molecule is CCCCN1C(=O)c2ccc(C(=O)Nc3ncn[nH]3)cc2C1=O. The summed E-state index contributed by atoms with van der Waals surface area (Å²) in [6, 6.07) is 4.46. The number of H-pyrrole nitrogens is 1. The van der Waals surface area contributed by atoms with E-state index in [2.05, 4.69) is 20.5 Å². The molecule has 0 aliphatic carbocycles. The molecule has 1 aromatic carbocycles. The molecule has 8 nitrogen and oxygen atoms in total. The Labute approximate surface area is 131 Å². The van der Waals surface area contributed by atoms with Gasteiger partial charge in [-0.1, -0.05) is 13.3 Å². The molecular weight excluding hydrogens is 298 g/mol. The molecule has 118 valence electrons. The molecule has 2 aromatic rings. The van der Waals surface area contributed by atoms with Crippen molar-refractivity contribution >= 4 is 23.7 Å². The first-order valence-electron chi connectivity index (χ1n) is 7.28. The zero-order valence-electron chi connectivity index (χ0n) is 12.5. The lowest BCUT2D eigenvalue weighted by atomic mass is 10.1. The van der Waals surface area contributed by atoms with E-state index in [1.165, 1.54) is 29.4 Å². The molecule has 8 heteroatoms. The summed E-state index contributed by atoms with van der Waals surface area (Å²) >= 11 is 0. The second-order valence-electron chi connectivity index (χ2n) is 5.16. The van der Waals surface area contributed by atoms with Gasteiger partial charge in [0.05, 0.1) is 11.1 Å². The molecule has 1 aliphatic rings. The molecule has 1 aliphatic heterocycles. The first kappa shape index (κ1) is 14.9. The Balaban J connectivity index is 1.84. The lowest BCUT2D eigenvalue weighted by Crippen LogP contribution is -2.30. The van der Waals surface area contributed by atoms with Crippen molar-refractivity contribution in [3.63, 3.8) is 0 Å². The van der Waals surface area contributed by atoms with E-state index >= 15 is 0 Å². The van der Waals surface area contributed by atoms with Crippen LogP contribution in [0.3, 0.4) is 0 Å². The van der Waals surface area contributed by atoms with E-state index in [-0.39, 0.29) is 28.9 Å². The van der Waals surface area contributed by atoms with E-state index in [9.17, 15) is 14.4 Å². The molecule has 1 aromatic heterocycles. The molecule has 3 rings (SSSR count). The van der Waals surface area contributed by atoms with Gasteiger partial charge in [-0.25, -0.2) is 5.10 Å². The quantitative estimate of drug-likeness (QED) is 0.812. The van der Waals surface area contributed by atoms with Crippen LogP contribution in [0.25, 0.3) is 0 Å². The third-order valence-corrected chi connectivity index (χ3v) is 3.62. The molecular formula is C15H15N5O3.